The molecule has 0 aliphatic carbocycles. The second-order valence-corrected chi connectivity index (χ2v) is 3.63. The number of aryl methyl sites for hydroxylation is 1. The first-order valence-corrected chi connectivity index (χ1v) is 4.96. The topological polar surface area (TPSA) is 90.4 Å². The zero-order chi connectivity index (χ0) is 13.3. The summed E-state index contributed by atoms with van der Waals surface area (Å²) in [6, 6.07) is 1.95. The van der Waals surface area contributed by atoms with Gasteiger partial charge >= 0.3 is 5.97 Å². The van der Waals surface area contributed by atoms with Gasteiger partial charge in [-0.15, -0.1) is 0 Å². The van der Waals surface area contributed by atoms with Crippen molar-refractivity contribution in [2.24, 2.45) is 7.05 Å². The molecule has 18 heavy (non-hydrogen) atoms. The maximum atomic E-state index is 13.6. The summed E-state index contributed by atoms with van der Waals surface area (Å²) in [5.41, 5.74) is 5.03. The summed E-state index contributed by atoms with van der Waals surface area (Å²) in [5.74, 6) is -1.89. The van der Waals surface area contributed by atoms with Crippen LogP contribution in [0.1, 0.15) is 10.4 Å². The Labute approximate surface area is 101 Å². The SMILES string of the molecule is Cn1cc(Oc2cc(C(=O)O)c(N)cc2F)cn1. The average molecular weight is 251 g/mol. The molecule has 0 saturated carbocycles. The summed E-state index contributed by atoms with van der Waals surface area (Å²) in [6.45, 7) is 0. The Kier molecular flexibility index (Phi) is 2.88. The number of carbonyl (C=O) groups is 1. The van der Waals surface area contributed by atoms with E-state index in [1.54, 1.807) is 7.05 Å². The smallest absolute Gasteiger partial charge is 0.337 e. The Bertz CT molecular complexity index is 610. The second-order valence-electron chi connectivity index (χ2n) is 3.63. The molecule has 0 aliphatic heterocycles. The number of hydrogen-bond donors (Lipinski definition) is 2. The molecule has 1 aromatic carbocycles. The Morgan fingerprint density at radius 2 is 2.28 bits per heavy atom. The van der Waals surface area contributed by atoms with Crippen LogP contribution in [0.4, 0.5) is 10.1 Å². The minimum absolute atomic E-state index is 0.154. The molecule has 2 rings (SSSR count). The maximum absolute atomic E-state index is 13.6. The molecule has 0 spiro atoms. The van der Waals surface area contributed by atoms with E-state index in [4.69, 9.17) is 15.6 Å². The number of nitrogens with zero attached hydrogens (tertiary/aromatic N) is 2. The number of ether oxygens (including phenoxy) is 1. The average Bonchev–Trinajstić information content (AvgIpc) is 2.67. The van der Waals surface area contributed by atoms with Gasteiger partial charge in [-0.2, -0.15) is 5.10 Å². The van der Waals surface area contributed by atoms with Crippen LogP contribution in [0.2, 0.25) is 0 Å². The molecule has 1 heterocycles. The van der Waals surface area contributed by atoms with Crippen molar-refractivity contribution in [3.05, 3.63) is 35.9 Å². The number of rotatable bonds is 3. The zero-order valence-corrected chi connectivity index (χ0v) is 9.42. The van der Waals surface area contributed by atoms with E-state index in [1.165, 1.54) is 17.1 Å². The van der Waals surface area contributed by atoms with E-state index >= 15 is 0 Å². The summed E-state index contributed by atoms with van der Waals surface area (Å²) in [4.78, 5) is 10.9. The normalized spacial score (nSPS) is 10.3. The largest absolute Gasteiger partial charge is 0.478 e. The van der Waals surface area contributed by atoms with Crippen LogP contribution >= 0.6 is 0 Å². The molecule has 0 bridgehead atoms. The number of carboxylic acid groups (broad SMARTS) is 1. The fourth-order valence-corrected chi connectivity index (χ4v) is 1.41. The van der Waals surface area contributed by atoms with Crippen molar-refractivity contribution < 1.29 is 19.0 Å². The molecule has 0 aliphatic rings. The molecule has 1 aromatic heterocycles. The van der Waals surface area contributed by atoms with Gasteiger partial charge in [-0.3, -0.25) is 4.68 Å². The van der Waals surface area contributed by atoms with E-state index in [-0.39, 0.29) is 17.0 Å². The van der Waals surface area contributed by atoms with Gasteiger partial charge in [0.15, 0.2) is 17.3 Å². The molecule has 94 valence electrons. The second kappa shape index (κ2) is 4.36. The molecule has 0 fully saturated rings. The van der Waals surface area contributed by atoms with Crippen molar-refractivity contribution in [1.29, 1.82) is 0 Å². The van der Waals surface area contributed by atoms with Gasteiger partial charge in [-0.1, -0.05) is 0 Å². The summed E-state index contributed by atoms with van der Waals surface area (Å²) < 4.78 is 20.2. The molecular weight excluding hydrogens is 241 g/mol. The maximum Gasteiger partial charge on any atom is 0.337 e. The molecule has 0 saturated heterocycles. The third kappa shape index (κ3) is 2.24. The van der Waals surface area contributed by atoms with E-state index in [0.717, 1.165) is 12.1 Å². The van der Waals surface area contributed by atoms with Crippen LogP contribution < -0.4 is 10.5 Å². The van der Waals surface area contributed by atoms with Crippen molar-refractivity contribution in [3.63, 3.8) is 0 Å². The number of benzene rings is 1. The number of nitrogen functional groups attached to an aromatic ring is 1. The highest BCUT2D eigenvalue weighted by Gasteiger charge is 2.15. The van der Waals surface area contributed by atoms with Gasteiger partial charge in [-0.25, -0.2) is 9.18 Å². The Balaban J connectivity index is 2.38. The van der Waals surface area contributed by atoms with Gasteiger partial charge in [0.1, 0.15) is 0 Å². The van der Waals surface area contributed by atoms with E-state index in [9.17, 15) is 9.18 Å². The predicted octanol–water partition coefficient (Wildman–Crippen LogP) is 1.63. The standard InChI is InChI=1S/C11H10FN3O3/c1-15-5-6(4-14-15)18-10-2-7(11(16)17)9(13)3-8(10)12/h2-5H,13H2,1H3,(H,16,17). The van der Waals surface area contributed by atoms with Crippen molar-refractivity contribution in [2.75, 3.05) is 5.73 Å². The molecule has 6 nitrogen and oxygen atoms in total. The zero-order valence-electron chi connectivity index (χ0n) is 9.42. The Morgan fingerprint density at radius 1 is 1.56 bits per heavy atom. The number of anilines is 1. The fourth-order valence-electron chi connectivity index (χ4n) is 1.41. The first-order chi connectivity index (χ1) is 8.47. The van der Waals surface area contributed by atoms with Crippen LogP contribution in [0.15, 0.2) is 24.5 Å². The van der Waals surface area contributed by atoms with Crippen LogP contribution in [-0.4, -0.2) is 20.9 Å². The van der Waals surface area contributed by atoms with Gasteiger partial charge < -0.3 is 15.6 Å². The highest BCUT2D eigenvalue weighted by Crippen LogP contribution is 2.28. The summed E-state index contributed by atoms with van der Waals surface area (Å²) in [6.07, 6.45) is 2.91. The molecule has 0 amide bonds. The first-order valence-electron chi connectivity index (χ1n) is 4.96. The van der Waals surface area contributed by atoms with E-state index in [2.05, 4.69) is 5.10 Å². The van der Waals surface area contributed by atoms with Crippen molar-refractivity contribution in [1.82, 2.24) is 9.78 Å². The monoisotopic (exact) mass is 251 g/mol. The van der Waals surface area contributed by atoms with E-state index in [0.29, 0.717) is 5.75 Å². The van der Waals surface area contributed by atoms with Gasteiger partial charge in [-0.05, 0) is 0 Å². The Morgan fingerprint density at radius 3 is 2.83 bits per heavy atom. The molecule has 3 N–H and O–H groups in total. The number of hydrogen-bond acceptors (Lipinski definition) is 4. The predicted molar refractivity (Wildman–Crippen MR) is 61.1 cm³/mol. The van der Waals surface area contributed by atoms with Crippen LogP contribution in [-0.2, 0) is 7.05 Å². The third-order valence-corrected chi connectivity index (χ3v) is 2.24. The minimum atomic E-state index is -1.25. The number of carboxylic acids is 1. The number of halogens is 1. The first kappa shape index (κ1) is 11.9. The molecule has 0 unspecified atom stereocenters. The van der Waals surface area contributed by atoms with Crippen LogP contribution in [0, 0.1) is 5.82 Å². The summed E-state index contributed by atoms with van der Waals surface area (Å²) in [5, 5.41) is 12.7. The molecule has 0 radical (unpaired) electrons. The van der Waals surface area contributed by atoms with Crippen molar-refractivity contribution in [3.8, 4) is 11.5 Å². The van der Waals surface area contributed by atoms with Gasteiger partial charge in [0.25, 0.3) is 0 Å². The number of nitrogens with two attached hydrogens (primary N) is 1. The lowest BCUT2D eigenvalue weighted by Crippen LogP contribution is -2.04. The molecular formula is C11H10FN3O3. The molecule has 0 atom stereocenters. The highest BCUT2D eigenvalue weighted by molar-refractivity contribution is 5.94. The van der Waals surface area contributed by atoms with Gasteiger partial charge in [0.2, 0.25) is 0 Å². The van der Waals surface area contributed by atoms with Gasteiger partial charge in [0, 0.05) is 24.9 Å². The number of aromatic nitrogens is 2. The lowest BCUT2D eigenvalue weighted by atomic mass is 10.1. The van der Waals surface area contributed by atoms with Crippen LogP contribution in [0.5, 0.6) is 11.5 Å². The van der Waals surface area contributed by atoms with Crippen molar-refractivity contribution >= 4 is 11.7 Å². The van der Waals surface area contributed by atoms with Crippen LogP contribution in [0.25, 0.3) is 0 Å². The van der Waals surface area contributed by atoms with Gasteiger partial charge in [0.05, 0.1) is 18.0 Å². The Hall–Kier alpha value is -2.57. The molecule has 7 heteroatoms. The molecule has 2 aromatic rings. The fraction of sp³-hybridized carbons (Fsp3) is 0.0909. The lowest BCUT2D eigenvalue weighted by molar-refractivity contribution is 0.0697. The summed E-state index contributed by atoms with van der Waals surface area (Å²) >= 11 is 0. The van der Waals surface area contributed by atoms with Crippen molar-refractivity contribution in [2.45, 2.75) is 0 Å². The highest BCUT2D eigenvalue weighted by atomic mass is 19.1. The minimum Gasteiger partial charge on any atom is -0.478 e. The summed E-state index contributed by atoms with van der Waals surface area (Å²) in [7, 11) is 1.68. The number of aromatic carboxylic acids is 1. The van der Waals surface area contributed by atoms with Crippen LogP contribution in [0.3, 0.4) is 0 Å². The third-order valence-electron chi connectivity index (χ3n) is 2.24. The van der Waals surface area contributed by atoms with E-state index in [1.807, 2.05) is 0 Å². The quantitative estimate of drug-likeness (QED) is 0.809. The lowest BCUT2D eigenvalue weighted by Gasteiger charge is -2.07. The van der Waals surface area contributed by atoms with E-state index < -0.39 is 11.8 Å².